The summed E-state index contributed by atoms with van der Waals surface area (Å²) in [4.78, 5) is 17.0. The highest BCUT2D eigenvalue weighted by atomic mass is 16.1. The van der Waals surface area contributed by atoms with Crippen molar-refractivity contribution in [1.82, 2.24) is 10.2 Å². The van der Waals surface area contributed by atoms with Crippen LogP contribution >= 0.6 is 0 Å². The van der Waals surface area contributed by atoms with E-state index < -0.39 is 0 Å². The Morgan fingerprint density at radius 2 is 1.65 bits per heavy atom. The molecule has 168 valence electrons. The molecule has 3 aromatic carbocycles. The van der Waals surface area contributed by atoms with Crippen molar-refractivity contribution in [3.63, 3.8) is 0 Å². The van der Waals surface area contributed by atoms with Crippen molar-refractivity contribution < 1.29 is 4.79 Å². The predicted molar refractivity (Wildman–Crippen MR) is 136 cm³/mol. The summed E-state index contributed by atoms with van der Waals surface area (Å²) in [5.41, 5.74) is 4.60. The SMILES string of the molecule is N=CC1C(N=Cc2[nH]nc3cc(Nc4cccc(NC(=O)c5ccccc5)c4)ccc23)[C@@H]1C=N. The van der Waals surface area contributed by atoms with E-state index in [9.17, 15) is 4.79 Å². The van der Waals surface area contributed by atoms with Gasteiger partial charge in [-0.3, -0.25) is 14.9 Å². The highest BCUT2D eigenvalue weighted by Crippen LogP contribution is 2.38. The van der Waals surface area contributed by atoms with Crippen LogP contribution in [0.1, 0.15) is 16.1 Å². The number of amides is 1. The van der Waals surface area contributed by atoms with Crippen LogP contribution in [0.4, 0.5) is 17.1 Å². The first-order chi connectivity index (χ1) is 16.7. The summed E-state index contributed by atoms with van der Waals surface area (Å²) >= 11 is 0. The fraction of sp³-hybridized carbons (Fsp3) is 0.115. The number of anilines is 3. The van der Waals surface area contributed by atoms with E-state index in [0.717, 1.165) is 28.0 Å². The van der Waals surface area contributed by atoms with Crippen LogP contribution in [0.3, 0.4) is 0 Å². The zero-order valence-electron chi connectivity index (χ0n) is 18.2. The maximum atomic E-state index is 12.4. The Balaban J connectivity index is 1.28. The normalized spacial score (nSPS) is 19.1. The largest absolute Gasteiger partial charge is 0.355 e. The maximum absolute atomic E-state index is 12.4. The molecule has 8 nitrogen and oxygen atoms in total. The number of carbonyl (C=O) groups excluding carboxylic acids is 1. The number of aromatic nitrogens is 2. The summed E-state index contributed by atoms with van der Waals surface area (Å²) in [7, 11) is 0. The van der Waals surface area contributed by atoms with Gasteiger partial charge in [-0.2, -0.15) is 5.10 Å². The predicted octanol–water partition coefficient (Wildman–Crippen LogP) is 4.89. The molecule has 0 spiro atoms. The quantitative estimate of drug-likeness (QED) is 0.245. The van der Waals surface area contributed by atoms with Crippen molar-refractivity contribution in [2.75, 3.05) is 10.6 Å². The van der Waals surface area contributed by atoms with E-state index in [-0.39, 0.29) is 23.8 Å². The van der Waals surface area contributed by atoms with Crippen LogP contribution in [0.5, 0.6) is 0 Å². The summed E-state index contributed by atoms with van der Waals surface area (Å²) in [6, 6.07) is 22.5. The van der Waals surface area contributed by atoms with Gasteiger partial charge in [-0.25, -0.2) is 0 Å². The topological polar surface area (TPSA) is 130 Å². The second-order valence-electron chi connectivity index (χ2n) is 8.15. The summed E-state index contributed by atoms with van der Waals surface area (Å²) in [5.74, 6) is -0.117. The number of hydrogen-bond donors (Lipinski definition) is 5. The number of aromatic amines is 1. The minimum absolute atomic E-state index is 0.0204. The molecule has 1 saturated carbocycles. The third kappa shape index (κ3) is 4.33. The third-order valence-corrected chi connectivity index (χ3v) is 5.88. The zero-order chi connectivity index (χ0) is 23.5. The number of nitrogens with zero attached hydrogens (tertiary/aromatic N) is 2. The summed E-state index contributed by atoms with van der Waals surface area (Å²) in [6.45, 7) is 0. The standard InChI is InChI=1S/C26H23N7O/c27-13-21-22(14-28)25(21)29-15-24-20-10-9-19(12-23(20)32-33-24)30-17-7-4-8-18(11-17)31-26(34)16-5-2-1-3-6-16/h1-15,21-22,25,27-28,30H,(H,31,34)(H,32,33)/t21-,22?,25?/m1/s1. The second-order valence-corrected chi connectivity index (χ2v) is 8.15. The fourth-order valence-electron chi connectivity index (χ4n) is 3.96. The first-order valence-electron chi connectivity index (χ1n) is 10.9. The Morgan fingerprint density at radius 3 is 2.41 bits per heavy atom. The molecule has 5 rings (SSSR count). The van der Waals surface area contributed by atoms with Gasteiger partial charge in [0.1, 0.15) is 0 Å². The molecule has 1 amide bonds. The van der Waals surface area contributed by atoms with Crippen molar-refractivity contribution in [1.29, 1.82) is 10.8 Å². The Bertz CT molecular complexity index is 1380. The molecule has 1 heterocycles. The molecule has 0 radical (unpaired) electrons. The first-order valence-corrected chi connectivity index (χ1v) is 10.9. The van der Waals surface area contributed by atoms with Crippen molar-refractivity contribution in [2.45, 2.75) is 6.04 Å². The van der Waals surface area contributed by atoms with Gasteiger partial charge in [0, 0.05) is 58.5 Å². The smallest absolute Gasteiger partial charge is 0.255 e. The van der Waals surface area contributed by atoms with E-state index in [1.165, 1.54) is 12.4 Å². The van der Waals surface area contributed by atoms with Gasteiger partial charge in [-0.15, -0.1) is 0 Å². The van der Waals surface area contributed by atoms with E-state index in [4.69, 9.17) is 10.8 Å². The van der Waals surface area contributed by atoms with Gasteiger partial charge in [0.15, 0.2) is 0 Å². The Morgan fingerprint density at radius 1 is 0.912 bits per heavy atom. The van der Waals surface area contributed by atoms with Gasteiger partial charge in [-0.05, 0) is 48.5 Å². The van der Waals surface area contributed by atoms with E-state index in [1.807, 2.05) is 60.7 Å². The van der Waals surface area contributed by atoms with E-state index in [1.54, 1.807) is 18.3 Å². The van der Waals surface area contributed by atoms with E-state index >= 15 is 0 Å². The highest BCUT2D eigenvalue weighted by molar-refractivity contribution is 6.04. The van der Waals surface area contributed by atoms with Crippen LogP contribution in [0.25, 0.3) is 10.9 Å². The Kier molecular flexibility index (Phi) is 5.70. The molecule has 2 unspecified atom stereocenters. The number of fused-ring (bicyclic) bond motifs is 1. The number of H-pyrrole nitrogens is 1. The van der Waals surface area contributed by atoms with E-state index in [0.29, 0.717) is 11.3 Å². The molecule has 1 aliphatic carbocycles. The molecule has 0 saturated heterocycles. The Labute approximate surface area is 196 Å². The van der Waals surface area contributed by atoms with Gasteiger partial charge < -0.3 is 21.5 Å². The van der Waals surface area contributed by atoms with Crippen LogP contribution < -0.4 is 10.6 Å². The second kappa shape index (κ2) is 9.11. The number of rotatable bonds is 8. The third-order valence-electron chi connectivity index (χ3n) is 5.88. The molecule has 5 N–H and O–H groups in total. The number of benzene rings is 3. The molecular formula is C26H23N7O. The lowest BCUT2D eigenvalue weighted by Gasteiger charge is -2.10. The fourth-order valence-corrected chi connectivity index (χ4v) is 3.96. The first kappa shape index (κ1) is 21.3. The lowest BCUT2D eigenvalue weighted by Crippen LogP contribution is -2.11. The molecule has 4 aromatic rings. The van der Waals surface area contributed by atoms with E-state index in [2.05, 4.69) is 25.8 Å². The minimum atomic E-state index is -0.157. The molecule has 1 aliphatic rings. The van der Waals surface area contributed by atoms with Crippen molar-refractivity contribution >= 4 is 52.5 Å². The summed E-state index contributed by atoms with van der Waals surface area (Å²) < 4.78 is 0. The molecule has 1 aromatic heterocycles. The molecule has 34 heavy (non-hydrogen) atoms. The summed E-state index contributed by atoms with van der Waals surface area (Å²) in [5, 5.41) is 29.5. The molecule has 3 atom stereocenters. The molecule has 0 bridgehead atoms. The van der Waals surface area contributed by atoms with Crippen LogP contribution in [-0.4, -0.2) is 40.8 Å². The molecular weight excluding hydrogens is 426 g/mol. The van der Waals surface area contributed by atoms with Crippen molar-refractivity contribution in [3.8, 4) is 0 Å². The van der Waals surface area contributed by atoms with Crippen molar-refractivity contribution in [3.05, 3.63) is 84.1 Å². The number of aliphatic imine (C=N–C) groups is 1. The van der Waals surface area contributed by atoms with Gasteiger partial charge in [0.2, 0.25) is 0 Å². The average Bonchev–Trinajstić information content (AvgIpc) is 3.42. The zero-order valence-corrected chi connectivity index (χ0v) is 18.2. The van der Waals surface area contributed by atoms with Crippen LogP contribution in [0, 0.1) is 22.7 Å². The van der Waals surface area contributed by atoms with Crippen LogP contribution in [0.2, 0.25) is 0 Å². The molecule has 1 fully saturated rings. The molecule has 0 aliphatic heterocycles. The lowest BCUT2D eigenvalue weighted by molar-refractivity contribution is 0.102. The van der Waals surface area contributed by atoms with Gasteiger partial charge in [0.25, 0.3) is 5.91 Å². The van der Waals surface area contributed by atoms with Crippen LogP contribution in [-0.2, 0) is 0 Å². The van der Waals surface area contributed by atoms with Gasteiger partial charge in [0.05, 0.1) is 17.3 Å². The van der Waals surface area contributed by atoms with Gasteiger partial charge >= 0.3 is 0 Å². The number of hydrogen-bond acceptors (Lipinski definition) is 6. The number of carbonyl (C=O) groups is 1. The lowest BCUT2D eigenvalue weighted by atomic mass is 10.2. The van der Waals surface area contributed by atoms with Gasteiger partial charge in [-0.1, -0.05) is 24.3 Å². The molecule has 8 heteroatoms. The average molecular weight is 450 g/mol. The van der Waals surface area contributed by atoms with Crippen LogP contribution in [0.15, 0.2) is 77.8 Å². The summed E-state index contributed by atoms with van der Waals surface area (Å²) in [6.07, 6.45) is 4.47. The highest BCUT2D eigenvalue weighted by Gasteiger charge is 2.47. The minimum Gasteiger partial charge on any atom is -0.355 e. The maximum Gasteiger partial charge on any atom is 0.255 e. The van der Waals surface area contributed by atoms with Crippen molar-refractivity contribution in [2.24, 2.45) is 16.8 Å². The number of nitrogens with one attached hydrogen (secondary N) is 5. The Hall–Kier alpha value is -4.59. The monoisotopic (exact) mass is 449 g/mol.